The van der Waals surface area contributed by atoms with Crippen LogP contribution in [0.1, 0.15) is 29.5 Å². The molecule has 6 nitrogen and oxygen atoms in total. The molecule has 0 saturated carbocycles. The van der Waals surface area contributed by atoms with Gasteiger partial charge in [0.25, 0.3) is 0 Å². The zero-order valence-corrected chi connectivity index (χ0v) is 16.6. The first-order valence-corrected chi connectivity index (χ1v) is 9.34. The molecule has 0 aliphatic carbocycles. The fourth-order valence-electron chi connectivity index (χ4n) is 3.45. The quantitative estimate of drug-likeness (QED) is 0.786. The maximum atomic E-state index is 9.46. The van der Waals surface area contributed by atoms with Crippen molar-refractivity contribution in [1.29, 1.82) is 5.26 Å². The lowest BCUT2D eigenvalue weighted by atomic mass is 10.0. The molecule has 0 spiro atoms. The molecule has 0 atom stereocenters. The number of hydrogen-bond acceptors (Lipinski definition) is 6. The van der Waals surface area contributed by atoms with Crippen molar-refractivity contribution in [1.82, 2.24) is 0 Å². The largest absolute Gasteiger partial charge is 0.493 e. The van der Waals surface area contributed by atoms with Gasteiger partial charge in [0, 0.05) is 19.3 Å². The van der Waals surface area contributed by atoms with Crippen LogP contribution in [-0.4, -0.2) is 40.6 Å². The summed E-state index contributed by atoms with van der Waals surface area (Å²) in [5.41, 5.74) is 3.67. The molecule has 6 heteroatoms. The van der Waals surface area contributed by atoms with E-state index in [0.717, 1.165) is 42.9 Å². The van der Waals surface area contributed by atoms with Crippen LogP contribution in [0, 0.1) is 11.3 Å². The summed E-state index contributed by atoms with van der Waals surface area (Å²) in [5, 5.41) is 13.0. The Kier molecular flexibility index (Phi) is 6.62. The Bertz CT molecular complexity index is 829. The van der Waals surface area contributed by atoms with Crippen LogP contribution < -0.4 is 19.5 Å². The zero-order chi connectivity index (χ0) is 19.9. The third-order valence-electron chi connectivity index (χ3n) is 4.92. The van der Waals surface area contributed by atoms with Crippen molar-refractivity contribution in [3.63, 3.8) is 0 Å². The van der Waals surface area contributed by atoms with Crippen LogP contribution in [-0.2, 0) is 11.2 Å². The number of methoxy groups -OCH3 is 3. The molecule has 28 heavy (non-hydrogen) atoms. The summed E-state index contributed by atoms with van der Waals surface area (Å²) in [7, 11) is 4.81. The van der Waals surface area contributed by atoms with Gasteiger partial charge in [-0.3, -0.25) is 0 Å². The van der Waals surface area contributed by atoms with Gasteiger partial charge in [-0.2, -0.15) is 5.26 Å². The Morgan fingerprint density at radius 1 is 1.00 bits per heavy atom. The highest BCUT2D eigenvalue weighted by molar-refractivity contribution is 5.60. The van der Waals surface area contributed by atoms with E-state index in [9.17, 15) is 5.26 Å². The summed E-state index contributed by atoms with van der Waals surface area (Å²) in [6.45, 7) is 1.51. The minimum Gasteiger partial charge on any atom is -0.493 e. The lowest BCUT2D eigenvalue weighted by Gasteiger charge is -2.25. The minimum atomic E-state index is 0.331. The number of nitrogens with zero attached hydrogens (tertiary/aromatic N) is 1. The van der Waals surface area contributed by atoms with Crippen LogP contribution in [0.3, 0.4) is 0 Å². The second kappa shape index (κ2) is 9.34. The number of rotatable bonds is 7. The molecule has 148 valence electrons. The molecule has 1 saturated heterocycles. The number of anilines is 1. The van der Waals surface area contributed by atoms with Crippen molar-refractivity contribution in [3.8, 4) is 23.3 Å². The Labute approximate surface area is 166 Å². The summed E-state index contributed by atoms with van der Waals surface area (Å²) in [5.74, 6) is 1.84. The van der Waals surface area contributed by atoms with E-state index in [1.807, 2.05) is 24.3 Å². The van der Waals surface area contributed by atoms with Gasteiger partial charge in [-0.15, -0.1) is 0 Å². The number of ether oxygens (including phenoxy) is 4. The van der Waals surface area contributed by atoms with Crippen molar-refractivity contribution in [2.75, 3.05) is 39.9 Å². The van der Waals surface area contributed by atoms with Gasteiger partial charge in [0.1, 0.15) is 6.07 Å². The van der Waals surface area contributed by atoms with E-state index in [1.54, 1.807) is 21.3 Å². The second-order valence-electron chi connectivity index (χ2n) is 6.73. The third-order valence-corrected chi connectivity index (χ3v) is 4.92. The summed E-state index contributed by atoms with van der Waals surface area (Å²) in [4.78, 5) is 0. The van der Waals surface area contributed by atoms with E-state index in [1.165, 1.54) is 0 Å². The van der Waals surface area contributed by atoms with Crippen molar-refractivity contribution in [3.05, 3.63) is 47.0 Å². The summed E-state index contributed by atoms with van der Waals surface area (Å²) < 4.78 is 21.7. The van der Waals surface area contributed by atoms with Crippen LogP contribution >= 0.6 is 0 Å². The monoisotopic (exact) mass is 382 g/mol. The van der Waals surface area contributed by atoms with E-state index in [2.05, 4.69) is 17.5 Å². The molecule has 1 fully saturated rings. The fourth-order valence-corrected chi connectivity index (χ4v) is 3.45. The summed E-state index contributed by atoms with van der Waals surface area (Å²) in [6, 6.07) is 12.4. The normalized spacial score (nSPS) is 14.2. The Hall–Kier alpha value is -2.91. The summed E-state index contributed by atoms with van der Waals surface area (Å²) in [6.07, 6.45) is 2.58. The molecule has 0 bridgehead atoms. The Morgan fingerprint density at radius 3 is 2.25 bits per heavy atom. The zero-order valence-electron chi connectivity index (χ0n) is 16.6. The average Bonchev–Trinajstić information content (AvgIpc) is 2.74. The highest BCUT2D eigenvalue weighted by Gasteiger charge is 2.16. The van der Waals surface area contributed by atoms with Gasteiger partial charge in [0.15, 0.2) is 11.5 Å². The highest BCUT2D eigenvalue weighted by Crippen LogP contribution is 2.38. The van der Waals surface area contributed by atoms with Crippen LogP contribution in [0.5, 0.6) is 17.2 Å². The molecule has 2 aromatic carbocycles. The third kappa shape index (κ3) is 4.49. The SMILES string of the molecule is COc1cc(Cc2ccc(C#N)c(NC3CCOCC3)c2)cc(OC)c1OC. The van der Waals surface area contributed by atoms with Gasteiger partial charge >= 0.3 is 0 Å². The van der Waals surface area contributed by atoms with E-state index in [0.29, 0.717) is 35.3 Å². The maximum Gasteiger partial charge on any atom is 0.203 e. The number of hydrogen-bond donors (Lipinski definition) is 1. The molecule has 0 unspecified atom stereocenters. The van der Waals surface area contributed by atoms with Crippen LogP contribution in [0.4, 0.5) is 5.69 Å². The molecule has 3 rings (SSSR count). The Morgan fingerprint density at radius 2 is 1.68 bits per heavy atom. The predicted molar refractivity (Wildman–Crippen MR) is 108 cm³/mol. The lowest BCUT2D eigenvalue weighted by molar-refractivity contribution is 0.0904. The van der Waals surface area contributed by atoms with Gasteiger partial charge in [0.05, 0.1) is 32.6 Å². The van der Waals surface area contributed by atoms with Gasteiger partial charge in [-0.25, -0.2) is 0 Å². The van der Waals surface area contributed by atoms with Crippen molar-refractivity contribution >= 4 is 5.69 Å². The van der Waals surface area contributed by atoms with Crippen LogP contribution in [0.15, 0.2) is 30.3 Å². The minimum absolute atomic E-state index is 0.331. The van der Waals surface area contributed by atoms with Gasteiger partial charge < -0.3 is 24.3 Å². The highest BCUT2D eigenvalue weighted by atomic mass is 16.5. The standard InChI is InChI=1S/C22H26N2O4/c1-25-20-12-16(13-21(26-2)22(20)27-3)10-15-4-5-17(14-23)19(11-15)24-18-6-8-28-9-7-18/h4-5,11-13,18,24H,6-10H2,1-3H3. The topological polar surface area (TPSA) is 72.7 Å². The number of benzene rings is 2. The van der Waals surface area contributed by atoms with Crippen LogP contribution in [0.25, 0.3) is 0 Å². The van der Waals surface area contributed by atoms with Crippen molar-refractivity contribution in [2.45, 2.75) is 25.3 Å². The second-order valence-corrected chi connectivity index (χ2v) is 6.73. The van der Waals surface area contributed by atoms with Gasteiger partial charge in [-0.05, 0) is 54.7 Å². The molecule has 1 heterocycles. The molecular formula is C22H26N2O4. The first-order chi connectivity index (χ1) is 13.7. The molecule has 2 aromatic rings. The molecule has 1 N–H and O–H groups in total. The van der Waals surface area contributed by atoms with E-state index in [4.69, 9.17) is 18.9 Å². The van der Waals surface area contributed by atoms with Gasteiger partial charge in [-0.1, -0.05) is 6.07 Å². The van der Waals surface area contributed by atoms with Gasteiger partial charge in [0.2, 0.25) is 5.75 Å². The van der Waals surface area contributed by atoms with Crippen LogP contribution in [0.2, 0.25) is 0 Å². The molecule has 0 radical (unpaired) electrons. The number of nitrogens with one attached hydrogen (secondary N) is 1. The van der Waals surface area contributed by atoms with Crippen molar-refractivity contribution in [2.24, 2.45) is 0 Å². The molecule has 1 aliphatic rings. The number of nitriles is 1. The predicted octanol–water partition coefficient (Wildman–Crippen LogP) is 3.77. The van der Waals surface area contributed by atoms with Crippen molar-refractivity contribution < 1.29 is 18.9 Å². The van der Waals surface area contributed by atoms with E-state index >= 15 is 0 Å². The first-order valence-electron chi connectivity index (χ1n) is 9.34. The van der Waals surface area contributed by atoms with E-state index in [-0.39, 0.29) is 0 Å². The Balaban J connectivity index is 1.86. The fraction of sp³-hybridized carbons (Fsp3) is 0.409. The van der Waals surface area contributed by atoms with E-state index < -0.39 is 0 Å². The molecular weight excluding hydrogens is 356 g/mol. The maximum absolute atomic E-state index is 9.46. The molecule has 0 amide bonds. The average molecular weight is 382 g/mol. The first kappa shape index (κ1) is 19.8. The lowest BCUT2D eigenvalue weighted by Crippen LogP contribution is -2.28. The molecule has 1 aliphatic heterocycles. The summed E-state index contributed by atoms with van der Waals surface area (Å²) >= 11 is 0. The molecule has 0 aromatic heterocycles. The smallest absolute Gasteiger partial charge is 0.203 e.